The second-order valence-electron chi connectivity index (χ2n) is 11.4. The number of nitrogens with one attached hydrogen (secondary N) is 1. The lowest BCUT2D eigenvalue weighted by Gasteiger charge is -2.20. The molecule has 1 saturated carbocycles. The lowest BCUT2D eigenvalue weighted by atomic mass is 10.0. The third kappa shape index (κ3) is 5.80. The smallest absolute Gasteiger partial charge is 0.335 e. The summed E-state index contributed by atoms with van der Waals surface area (Å²) in [5.74, 6) is -0.267. The molecular formula is C38H29FN2O4. The van der Waals surface area contributed by atoms with Crippen LogP contribution in [0.5, 0.6) is 11.5 Å². The van der Waals surface area contributed by atoms with Gasteiger partial charge in [0.2, 0.25) is 0 Å². The molecule has 1 aromatic heterocycles. The lowest BCUT2D eigenvalue weighted by molar-refractivity contribution is 0.0696. The van der Waals surface area contributed by atoms with E-state index < -0.39 is 11.5 Å². The first kappa shape index (κ1) is 28.1. The van der Waals surface area contributed by atoms with Gasteiger partial charge in [0.25, 0.3) is 5.91 Å². The number of rotatable bonds is 9. The van der Waals surface area contributed by atoms with Crippen LogP contribution in [0.3, 0.4) is 0 Å². The van der Waals surface area contributed by atoms with Gasteiger partial charge >= 0.3 is 5.97 Å². The van der Waals surface area contributed by atoms with Crippen molar-refractivity contribution in [2.45, 2.75) is 24.9 Å². The Morgan fingerprint density at radius 1 is 0.800 bits per heavy atom. The van der Waals surface area contributed by atoms with E-state index in [-0.39, 0.29) is 17.3 Å². The number of amides is 1. The van der Waals surface area contributed by atoms with E-state index in [1.165, 1.54) is 12.1 Å². The second kappa shape index (κ2) is 11.4. The van der Waals surface area contributed by atoms with Crippen molar-refractivity contribution in [1.82, 2.24) is 9.88 Å². The highest BCUT2D eigenvalue weighted by atomic mass is 19.1. The summed E-state index contributed by atoms with van der Waals surface area (Å²) < 4.78 is 21.6. The van der Waals surface area contributed by atoms with E-state index >= 15 is 0 Å². The summed E-state index contributed by atoms with van der Waals surface area (Å²) in [5, 5.41) is 13.4. The number of benzene rings is 5. The van der Waals surface area contributed by atoms with Gasteiger partial charge in [-0.3, -0.25) is 4.79 Å². The summed E-state index contributed by atoms with van der Waals surface area (Å²) in [6, 6.07) is 36.4. The normalized spacial score (nSPS) is 13.4. The maximum Gasteiger partial charge on any atom is 0.335 e. The number of carboxylic acid groups (broad SMARTS) is 1. The van der Waals surface area contributed by atoms with E-state index in [9.17, 15) is 19.1 Å². The van der Waals surface area contributed by atoms with Crippen molar-refractivity contribution in [3.63, 3.8) is 0 Å². The zero-order valence-electron chi connectivity index (χ0n) is 24.2. The fraction of sp³-hybridized carbons (Fsp3) is 0.105. The number of ether oxygens (including phenoxy) is 1. The summed E-state index contributed by atoms with van der Waals surface area (Å²) >= 11 is 0. The average molecular weight is 597 g/mol. The monoisotopic (exact) mass is 596 g/mol. The van der Waals surface area contributed by atoms with Gasteiger partial charge in [-0.15, -0.1) is 0 Å². The van der Waals surface area contributed by atoms with Crippen LogP contribution in [0.2, 0.25) is 0 Å². The third-order valence-corrected chi connectivity index (χ3v) is 8.33. The molecule has 2 N–H and O–H groups in total. The van der Waals surface area contributed by atoms with Gasteiger partial charge in [0.15, 0.2) is 0 Å². The molecule has 0 spiro atoms. The maximum absolute atomic E-state index is 14.1. The van der Waals surface area contributed by atoms with E-state index in [4.69, 9.17) is 4.74 Å². The highest BCUT2D eigenvalue weighted by molar-refractivity contribution is 6.07. The van der Waals surface area contributed by atoms with E-state index in [0.717, 1.165) is 46.0 Å². The maximum atomic E-state index is 14.1. The number of carbonyl (C=O) groups is 2. The van der Waals surface area contributed by atoms with Gasteiger partial charge in [-0.2, -0.15) is 0 Å². The van der Waals surface area contributed by atoms with Crippen molar-refractivity contribution < 1.29 is 23.8 Å². The zero-order chi connectivity index (χ0) is 31.0. The summed E-state index contributed by atoms with van der Waals surface area (Å²) in [6.45, 7) is 0.536. The molecular weight excluding hydrogens is 567 g/mol. The Hall–Kier alpha value is -5.69. The second-order valence-corrected chi connectivity index (χ2v) is 11.4. The average Bonchev–Trinajstić information content (AvgIpc) is 3.74. The first-order valence-corrected chi connectivity index (χ1v) is 14.7. The van der Waals surface area contributed by atoms with Crippen molar-refractivity contribution in [2.24, 2.45) is 0 Å². The first-order chi connectivity index (χ1) is 21.9. The van der Waals surface area contributed by atoms with E-state index in [0.29, 0.717) is 23.6 Å². The molecule has 222 valence electrons. The quantitative estimate of drug-likeness (QED) is 0.176. The van der Waals surface area contributed by atoms with Gasteiger partial charge in [0.1, 0.15) is 17.3 Å². The molecule has 1 aliphatic carbocycles. The number of carboxylic acids is 1. The Kier molecular flexibility index (Phi) is 7.14. The molecule has 1 heterocycles. The van der Waals surface area contributed by atoms with Gasteiger partial charge in [0, 0.05) is 18.1 Å². The summed E-state index contributed by atoms with van der Waals surface area (Å²) in [4.78, 5) is 25.5. The van der Waals surface area contributed by atoms with Crippen LogP contribution in [-0.4, -0.2) is 21.6 Å². The molecule has 7 rings (SSSR count). The number of carbonyl (C=O) groups excluding carboxylic acids is 1. The number of hydrogen-bond donors (Lipinski definition) is 2. The van der Waals surface area contributed by atoms with Crippen molar-refractivity contribution in [2.75, 3.05) is 0 Å². The van der Waals surface area contributed by atoms with Crippen LogP contribution in [-0.2, 0) is 12.1 Å². The van der Waals surface area contributed by atoms with Crippen LogP contribution in [0.4, 0.5) is 4.39 Å². The summed E-state index contributed by atoms with van der Waals surface area (Å²) in [6.07, 6.45) is 3.49. The summed E-state index contributed by atoms with van der Waals surface area (Å²) in [5.41, 5.74) is 4.78. The number of fused-ring (bicyclic) bond motifs is 1. The van der Waals surface area contributed by atoms with Gasteiger partial charge in [-0.05, 0) is 89.7 Å². The molecule has 0 unspecified atom stereocenters. The number of hydrogen-bond acceptors (Lipinski definition) is 3. The van der Waals surface area contributed by atoms with Gasteiger partial charge < -0.3 is 19.7 Å². The van der Waals surface area contributed by atoms with Crippen molar-refractivity contribution in [1.29, 1.82) is 0 Å². The molecule has 6 aromatic rings. The molecule has 0 saturated heterocycles. The van der Waals surface area contributed by atoms with Crippen LogP contribution < -0.4 is 10.1 Å². The molecule has 0 atom stereocenters. The van der Waals surface area contributed by atoms with Gasteiger partial charge in [-0.1, -0.05) is 66.7 Å². The minimum atomic E-state index is -0.987. The Morgan fingerprint density at radius 3 is 2.11 bits per heavy atom. The number of aromatic carboxylic acids is 1. The van der Waals surface area contributed by atoms with Crippen molar-refractivity contribution in [3.8, 4) is 22.6 Å². The minimum absolute atomic E-state index is 0.205. The number of nitrogens with zero attached hydrogens (tertiary/aromatic N) is 1. The number of halogens is 1. The Labute approximate surface area is 259 Å². The van der Waals surface area contributed by atoms with Crippen LogP contribution in [0, 0.1) is 5.82 Å². The molecule has 5 aromatic carbocycles. The predicted octanol–water partition coefficient (Wildman–Crippen LogP) is 8.41. The minimum Gasteiger partial charge on any atom is -0.478 e. The molecule has 6 nitrogen and oxygen atoms in total. The van der Waals surface area contributed by atoms with Crippen LogP contribution in [0.1, 0.15) is 44.7 Å². The van der Waals surface area contributed by atoms with Crippen molar-refractivity contribution in [3.05, 3.63) is 156 Å². The largest absolute Gasteiger partial charge is 0.478 e. The lowest BCUT2D eigenvalue weighted by Crippen LogP contribution is -2.35. The highest BCUT2D eigenvalue weighted by Gasteiger charge is 2.46. The zero-order valence-corrected chi connectivity index (χ0v) is 24.2. The standard InChI is InChI=1S/C38H29FN2O4/c39-31-16-12-27(13-17-31)26-8-6-25(7-9-26)24-41-21-18-29-22-33(45-32-4-2-1-3-5-32)23-34(35(29)41)36(42)40-38(19-20-38)30-14-10-28(11-15-30)37(43)44/h1-18,21-23H,19-20,24H2,(H,40,42)(H,43,44). The third-order valence-electron chi connectivity index (χ3n) is 8.33. The molecule has 0 bridgehead atoms. The number of para-hydroxylation sites is 1. The molecule has 1 amide bonds. The molecule has 1 fully saturated rings. The Bertz CT molecular complexity index is 2010. The molecule has 7 heteroatoms. The van der Waals surface area contributed by atoms with Crippen molar-refractivity contribution >= 4 is 22.8 Å². The molecule has 1 aliphatic rings. The predicted molar refractivity (Wildman–Crippen MR) is 171 cm³/mol. The first-order valence-electron chi connectivity index (χ1n) is 14.7. The molecule has 0 radical (unpaired) electrons. The van der Waals surface area contributed by atoms with Crippen LogP contribution >= 0.6 is 0 Å². The van der Waals surface area contributed by atoms with E-state index in [2.05, 4.69) is 9.88 Å². The topological polar surface area (TPSA) is 80.6 Å². The fourth-order valence-corrected chi connectivity index (χ4v) is 5.78. The molecule has 0 aliphatic heterocycles. The van der Waals surface area contributed by atoms with Gasteiger partial charge in [0.05, 0.1) is 22.2 Å². The highest BCUT2D eigenvalue weighted by Crippen LogP contribution is 2.46. The fourth-order valence-electron chi connectivity index (χ4n) is 5.78. The van der Waals surface area contributed by atoms with Gasteiger partial charge in [-0.25, -0.2) is 9.18 Å². The number of aromatic nitrogens is 1. The Morgan fingerprint density at radius 2 is 1.47 bits per heavy atom. The SMILES string of the molecule is O=C(O)c1ccc(C2(NC(=O)c3cc(Oc4ccccc4)cc4ccn(Cc5ccc(-c6ccc(F)cc6)cc5)c34)CC2)cc1. The van der Waals surface area contributed by atoms with E-state index in [1.54, 1.807) is 42.5 Å². The molecule has 45 heavy (non-hydrogen) atoms. The van der Waals surface area contributed by atoms with Crippen LogP contribution in [0.15, 0.2) is 128 Å². The summed E-state index contributed by atoms with van der Waals surface area (Å²) in [7, 11) is 0. The Balaban J connectivity index is 1.22. The van der Waals surface area contributed by atoms with Crippen LogP contribution in [0.25, 0.3) is 22.0 Å². The van der Waals surface area contributed by atoms with E-state index in [1.807, 2.05) is 72.9 Å².